The number of halogens is 1. The zero-order valence-electron chi connectivity index (χ0n) is 7.04. The molecule has 3 nitrogen and oxygen atoms in total. The van der Waals surface area contributed by atoms with Crippen molar-refractivity contribution in [3.63, 3.8) is 0 Å². The van der Waals surface area contributed by atoms with Crippen LogP contribution in [0, 0.1) is 5.82 Å². The minimum absolute atomic E-state index is 0.160. The Morgan fingerprint density at radius 3 is 3.00 bits per heavy atom. The molecule has 0 saturated carbocycles. The average Bonchev–Trinajstić information content (AvgIpc) is 2.07. The highest BCUT2D eigenvalue weighted by Crippen LogP contribution is 2.23. The fourth-order valence-corrected chi connectivity index (χ4v) is 1.30. The number of nitrogens with two attached hydrogens (primary N) is 1. The van der Waals surface area contributed by atoms with E-state index in [1.807, 2.05) is 0 Å². The predicted molar refractivity (Wildman–Crippen MR) is 45.4 cm³/mol. The Hall–Kier alpha value is -1.55. The number of quaternary nitrogens is 1. The van der Waals surface area contributed by atoms with E-state index in [2.05, 4.69) is 4.99 Å². The maximum Gasteiger partial charge on any atom is 0.350 e. The molecule has 2 rings (SSSR count). The van der Waals surface area contributed by atoms with Crippen molar-refractivity contribution in [3.8, 4) is 0 Å². The molecule has 2 N–H and O–H groups in total. The van der Waals surface area contributed by atoms with Gasteiger partial charge in [0.05, 0.1) is 0 Å². The van der Waals surface area contributed by atoms with Crippen LogP contribution in [0.4, 0.5) is 10.1 Å². The molecule has 66 valence electrons. The molecule has 13 heavy (non-hydrogen) atoms. The van der Waals surface area contributed by atoms with E-state index in [1.54, 1.807) is 13.0 Å². The lowest BCUT2D eigenvalue weighted by Crippen LogP contribution is -2.91. The standard InChI is InChI=1S/C9H7FN2O/c1-5-11-8-6(9(13)12-5)3-2-4-7(8)10/h2-4H,1H3,(H,11,12,13)/p+1. The number of benzene rings is 1. The van der Waals surface area contributed by atoms with Crippen LogP contribution in [0.15, 0.2) is 23.2 Å². The molecule has 1 aliphatic heterocycles. The van der Waals surface area contributed by atoms with Crippen LogP contribution in [-0.2, 0) is 0 Å². The SMILES string of the molecule is CC1=Nc2c(F)cccc2C(=O)[NH2+]1. The van der Waals surface area contributed by atoms with Crippen LogP contribution < -0.4 is 5.32 Å². The predicted octanol–water partition coefficient (Wildman–Crippen LogP) is 0.593. The lowest BCUT2D eigenvalue weighted by molar-refractivity contribution is -0.432. The van der Waals surface area contributed by atoms with Crippen LogP contribution in [0.25, 0.3) is 0 Å². The first kappa shape index (κ1) is 8.07. The van der Waals surface area contributed by atoms with E-state index in [0.29, 0.717) is 11.4 Å². The number of fused-ring (bicyclic) bond motifs is 1. The zero-order chi connectivity index (χ0) is 9.42. The fraction of sp³-hybridized carbons (Fsp3) is 0.111. The van der Waals surface area contributed by atoms with Gasteiger partial charge in [-0.15, -0.1) is 0 Å². The van der Waals surface area contributed by atoms with Crippen molar-refractivity contribution >= 4 is 17.4 Å². The molecule has 0 spiro atoms. The first-order valence-electron chi connectivity index (χ1n) is 3.91. The van der Waals surface area contributed by atoms with Crippen molar-refractivity contribution in [1.82, 2.24) is 0 Å². The topological polar surface area (TPSA) is 46.0 Å². The van der Waals surface area contributed by atoms with E-state index < -0.39 is 5.82 Å². The molecule has 1 heterocycles. The largest absolute Gasteiger partial charge is 0.350 e. The van der Waals surface area contributed by atoms with Gasteiger partial charge in [0.15, 0.2) is 0 Å². The summed E-state index contributed by atoms with van der Waals surface area (Å²) in [5, 5.41) is 1.40. The number of rotatable bonds is 0. The van der Waals surface area contributed by atoms with Crippen molar-refractivity contribution in [2.45, 2.75) is 6.92 Å². The first-order valence-corrected chi connectivity index (χ1v) is 3.91. The minimum atomic E-state index is -0.446. The molecule has 1 aliphatic rings. The van der Waals surface area contributed by atoms with Crippen LogP contribution in [0.2, 0.25) is 0 Å². The van der Waals surface area contributed by atoms with Crippen molar-refractivity contribution in [2.24, 2.45) is 4.99 Å². The summed E-state index contributed by atoms with van der Waals surface area (Å²) in [5.41, 5.74) is 0.498. The minimum Gasteiger partial charge on any atom is -0.234 e. The second-order valence-corrected chi connectivity index (χ2v) is 2.90. The van der Waals surface area contributed by atoms with Gasteiger partial charge in [-0.3, -0.25) is 0 Å². The van der Waals surface area contributed by atoms with E-state index in [9.17, 15) is 9.18 Å². The van der Waals surface area contributed by atoms with Gasteiger partial charge in [0, 0.05) is 6.92 Å². The molecule has 1 amide bonds. The summed E-state index contributed by atoms with van der Waals surface area (Å²) in [6, 6.07) is 4.39. The molecule has 4 heteroatoms. The van der Waals surface area contributed by atoms with Gasteiger partial charge < -0.3 is 0 Å². The van der Waals surface area contributed by atoms with Crippen molar-refractivity contribution in [3.05, 3.63) is 29.6 Å². The molecule has 0 aliphatic carbocycles. The number of para-hydroxylation sites is 1. The summed E-state index contributed by atoms with van der Waals surface area (Å²) in [6.07, 6.45) is 0. The van der Waals surface area contributed by atoms with Gasteiger partial charge in [-0.1, -0.05) is 6.07 Å². The third kappa shape index (κ3) is 1.25. The number of carbonyl (C=O) groups is 1. The van der Waals surface area contributed by atoms with E-state index in [-0.39, 0.29) is 11.6 Å². The molecule has 1 aromatic rings. The lowest BCUT2D eigenvalue weighted by Gasteiger charge is -2.08. The van der Waals surface area contributed by atoms with E-state index in [1.165, 1.54) is 17.4 Å². The summed E-state index contributed by atoms with van der Waals surface area (Å²) in [5.74, 6) is -0.0806. The van der Waals surface area contributed by atoms with Gasteiger partial charge in [-0.25, -0.2) is 14.5 Å². The summed E-state index contributed by atoms with van der Waals surface area (Å²) in [7, 11) is 0. The normalized spacial score (nSPS) is 15.2. The number of primary amides is 1. The van der Waals surface area contributed by atoms with E-state index in [4.69, 9.17) is 0 Å². The fourth-order valence-electron chi connectivity index (χ4n) is 1.30. The molecule has 0 saturated heterocycles. The van der Waals surface area contributed by atoms with Crippen molar-refractivity contribution < 1.29 is 14.5 Å². The van der Waals surface area contributed by atoms with Gasteiger partial charge >= 0.3 is 5.91 Å². The Balaban J connectivity index is 2.69. The highest BCUT2D eigenvalue weighted by atomic mass is 19.1. The number of carbonyl (C=O) groups excluding carboxylic acids is 1. The van der Waals surface area contributed by atoms with Crippen LogP contribution in [0.3, 0.4) is 0 Å². The number of hydrogen-bond donors (Lipinski definition) is 1. The molecule has 0 unspecified atom stereocenters. The highest BCUT2D eigenvalue weighted by molar-refractivity contribution is 6.01. The Morgan fingerprint density at radius 1 is 1.46 bits per heavy atom. The van der Waals surface area contributed by atoms with Crippen LogP contribution in [0.1, 0.15) is 17.3 Å². The van der Waals surface area contributed by atoms with Gasteiger partial charge in [0.25, 0.3) is 0 Å². The van der Waals surface area contributed by atoms with E-state index in [0.717, 1.165) is 0 Å². The first-order chi connectivity index (χ1) is 6.18. The molecule has 0 aromatic heterocycles. The molecular formula is C9H8FN2O+. The number of amidine groups is 1. The smallest absolute Gasteiger partial charge is 0.234 e. The second-order valence-electron chi connectivity index (χ2n) is 2.90. The number of hydrogen-bond acceptors (Lipinski definition) is 2. The highest BCUT2D eigenvalue weighted by Gasteiger charge is 2.23. The maximum absolute atomic E-state index is 13.1. The Labute approximate surface area is 74.3 Å². The number of amides is 1. The van der Waals surface area contributed by atoms with Crippen LogP contribution in [-0.4, -0.2) is 11.7 Å². The average molecular weight is 179 g/mol. The Kier molecular flexibility index (Phi) is 1.70. The molecule has 0 fully saturated rings. The number of aliphatic imine (C=N–C) groups is 1. The molecule has 0 radical (unpaired) electrons. The zero-order valence-corrected chi connectivity index (χ0v) is 7.04. The van der Waals surface area contributed by atoms with E-state index >= 15 is 0 Å². The third-order valence-corrected chi connectivity index (χ3v) is 1.88. The van der Waals surface area contributed by atoms with Gasteiger partial charge in [0.2, 0.25) is 5.84 Å². The van der Waals surface area contributed by atoms with Crippen LogP contribution in [0.5, 0.6) is 0 Å². The number of nitrogens with zero attached hydrogens (tertiary/aromatic N) is 1. The summed E-state index contributed by atoms with van der Waals surface area (Å²) in [6.45, 7) is 1.67. The Bertz CT molecular complexity index is 412. The summed E-state index contributed by atoms with van der Waals surface area (Å²) in [4.78, 5) is 15.3. The molecule has 0 bridgehead atoms. The molecule has 1 aromatic carbocycles. The van der Waals surface area contributed by atoms with Crippen LogP contribution >= 0.6 is 0 Å². The quantitative estimate of drug-likeness (QED) is 0.622. The molecular weight excluding hydrogens is 171 g/mol. The molecule has 0 atom stereocenters. The monoisotopic (exact) mass is 179 g/mol. The van der Waals surface area contributed by atoms with Gasteiger partial charge in [0.1, 0.15) is 17.1 Å². The van der Waals surface area contributed by atoms with Gasteiger partial charge in [-0.2, -0.15) is 4.99 Å². The maximum atomic E-state index is 13.1. The second kappa shape index (κ2) is 2.74. The van der Waals surface area contributed by atoms with Crippen molar-refractivity contribution in [2.75, 3.05) is 0 Å². The summed E-state index contributed by atoms with van der Waals surface area (Å²) < 4.78 is 13.1. The third-order valence-electron chi connectivity index (χ3n) is 1.88. The summed E-state index contributed by atoms with van der Waals surface area (Å²) >= 11 is 0. The Morgan fingerprint density at radius 2 is 2.23 bits per heavy atom. The lowest BCUT2D eigenvalue weighted by atomic mass is 10.1. The van der Waals surface area contributed by atoms with Gasteiger partial charge in [-0.05, 0) is 12.1 Å². The van der Waals surface area contributed by atoms with Crippen molar-refractivity contribution in [1.29, 1.82) is 0 Å².